The van der Waals surface area contributed by atoms with Crippen molar-refractivity contribution in [3.63, 3.8) is 0 Å². The third-order valence-electron chi connectivity index (χ3n) is 2.17. The lowest BCUT2D eigenvalue weighted by Crippen LogP contribution is -2.31. The first kappa shape index (κ1) is 11.1. The predicted octanol–water partition coefficient (Wildman–Crippen LogP) is 1.11. The molecule has 1 amide bonds. The van der Waals surface area contributed by atoms with Gasteiger partial charge in [0.2, 0.25) is 5.91 Å². The van der Waals surface area contributed by atoms with Gasteiger partial charge in [-0.05, 0) is 13.3 Å². The highest BCUT2D eigenvalue weighted by Gasteiger charge is 2.24. The SMILES string of the molecule is CCC[C@@H](C(C)=O)[C@H](C)C(N)=O. The van der Waals surface area contributed by atoms with Gasteiger partial charge >= 0.3 is 0 Å². The molecule has 3 nitrogen and oxygen atoms in total. The van der Waals surface area contributed by atoms with Crippen LogP contribution in [0.25, 0.3) is 0 Å². The van der Waals surface area contributed by atoms with Gasteiger partial charge in [0.15, 0.2) is 0 Å². The minimum atomic E-state index is -0.386. The van der Waals surface area contributed by atoms with E-state index in [0.717, 1.165) is 12.8 Å². The lowest BCUT2D eigenvalue weighted by atomic mass is 9.86. The zero-order valence-corrected chi connectivity index (χ0v) is 7.96. The number of amides is 1. The van der Waals surface area contributed by atoms with E-state index in [1.54, 1.807) is 6.92 Å². The topological polar surface area (TPSA) is 60.2 Å². The van der Waals surface area contributed by atoms with E-state index in [-0.39, 0.29) is 23.5 Å². The molecule has 0 aromatic carbocycles. The number of carbonyl (C=O) groups is 2. The Morgan fingerprint density at radius 2 is 1.92 bits per heavy atom. The molecule has 0 radical (unpaired) electrons. The molecule has 0 fully saturated rings. The highest BCUT2D eigenvalue weighted by atomic mass is 16.1. The number of hydrogen-bond acceptors (Lipinski definition) is 2. The zero-order chi connectivity index (χ0) is 9.72. The number of nitrogens with two attached hydrogens (primary N) is 1. The molecule has 0 unspecified atom stereocenters. The second-order valence-corrected chi connectivity index (χ2v) is 3.20. The highest BCUT2D eigenvalue weighted by molar-refractivity contribution is 5.86. The van der Waals surface area contributed by atoms with Crippen molar-refractivity contribution in [1.29, 1.82) is 0 Å². The number of rotatable bonds is 5. The lowest BCUT2D eigenvalue weighted by Gasteiger charge is -2.17. The summed E-state index contributed by atoms with van der Waals surface area (Å²) in [4.78, 5) is 21.9. The van der Waals surface area contributed by atoms with E-state index >= 15 is 0 Å². The maximum Gasteiger partial charge on any atom is 0.220 e. The minimum absolute atomic E-state index is 0.0585. The quantitative estimate of drug-likeness (QED) is 0.673. The van der Waals surface area contributed by atoms with Gasteiger partial charge in [0.1, 0.15) is 5.78 Å². The Hall–Kier alpha value is -0.860. The Bertz CT molecular complexity index is 177. The molecule has 0 aromatic heterocycles. The average Bonchev–Trinajstić information content (AvgIpc) is 1.98. The molecule has 3 heteroatoms. The normalized spacial score (nSPS) is 15.2. The molecule has 0 aliphatic carbocycles. The van der Waals surface area contributed by atoms with Crippen LogP contribution in [0.4, 0.5) is 0 Å². The van der Waals surface area contributed by atoms with E-state index in [9.17, 15) is 9.59 Å². The van der Waals surface area contributed by atoms with E-state index in [1.165, 1.54) is 6.92 Å². The molecule has 0 aliphatic rings. The second-order valence-electron chi connectivity index (χ2n) is 3.20. The number of ketones is 1. The van der Waals surface area contributed by atoms with Gasteiger partial charge in [0.05, 0.1) is 0 Å². The van der Waals surface area contributed by atoms with Crippen molar-refractivity contribution in [2.45, 2.75) is 33.6 Å². The number of carbonyl (C=O) groups excluding carboxylic acids is 2. The van der Waals surface area contributed by atoms with Crippen molar-refractivity contribution >= 4 is 11.7 Å². The molecule has 0 aromatic rings. The minimum Gasteiger partial charge on any atom is -0.369 e. The number of hydrogen-bond donors (Lipinski definition) is 1. The van der Waals surface area contributed by atoms with Gasteiger partial charge in [-0.25, -0.2) is 0 Å². The summed E-state index contributed by atoms with van der Waals surface area (Å²) in [6, 6.07) is 0. The molecular formula is C9H17NO2. The van der Waals surface area contributed by atoms with Gasteiger partial charge in [-0.3, -0.25) is 9.59 Å². The second kappa shape index (κ2) is 4.91. The first-order valence-corrected chi connectivity index (χ1v) is 4.30. The van der Waals surface area contributed by atoms with E-state index in [0.29, 0.717) is 0 Å². The fraction of sp³-hybridized carbons (Fsp3) is 0.778. The van der Waals surface area contributed by atoms with Gasteiger partial charge in [0, 0.05) is 11.8 Å². The van der Waals surface area contributed by atoms with Crippen molar-refractivity contribution in [2.24, 2.45) is 17.6 Å². The monoisotopic (exact) mass is 171 g/mol. The van der Waals surface area contributed by atoms with Crippen LogP contribution in [0.1, 0.15) is 33.6 Å². The van der Waals surface area contributed by atoms with Crippen LogP contribution in [0.2, 0.25) is 0 Å². The molecule has 0 aliphatic heterocycles. The number of Topliss-reactive ketones (excluding diaryl/α,β-unsaturated/α-hetero) is 1. The summed E-state index contributed by atoms with van der Waals surface area (Å²) < 4.78 is 0. The summed E-state index contributed by atoms with van der Waals surface area (Å²) in [6.07, 6.45) is 1.65. The maximum absolute atomic E-state index is 11.1. The molecular weight excluding hydrogens is 154 g/mol. The fourth-order valence-corrected chi connectivity index (χ4v) is 1.31. The zero-order valence-electron chi connectivity index (χ0n) is 7.96. The molecule has 0 rings (SSSR count). The van der Waals surface area contributed by atoms with Crippen LogP contribution < -0.4 is 5.73 Å². The summed E-state index contributed by atoms with van der Waals surface area (Å²) in [5.41, 5.74) is 5.11. The van der Waals surface area contributed by atoms with Crippen LogP contribution in [0, 0.1) is 11.8 Å². The Morgan fingerprint density at radius 3 is 2.17 bits per heavy atom. The Balaban J connectivity index is 4.28. The molecule has 0 saturated heterocycles. The van der Waals surface area contributed by atoms with Crippen LogP contribution >= 0.6 is 0 Å². The van der Waals surface area contributed by atoms with Gasteiger partial charge in [-0.1, -0.05) is 20.3 Å². The van der Waals surface area contributed by atoms with Crippen LogP contribution in [0.15, 0.2) is 0 Å². The summed E-state index contributed by atoms with van der Waals surface area (Å²) in [5.74, 6) is -0.846. The Kier molecular flexibility index (Phi) is 4.55. The first-order chi connectivity index (χ1) is 5.50. The lowest BCUT2D eigenvalue weighted by molar-refractivity contribution is -0.130. The van der Waals surface area contributed by atoms with Crippen molar-refractivity contribution in [3.8, 4) is 0 Å². The third kappa shape index (κ3) is 3.03. The molecule has 0 saturated carbocycles. The van der Waals surface area contributed by atoms with Crippen molar-refractivity contribution in [3.05, 3.63) is 0 Å². The van der Waals surface area contributed by atoms with Crippen LogP contribution in [0.3, 0.4) is 0 Å². The van der Waals surface area contributed by atoms with Crippen molar-refractivity contribution in [2.75, 3.05) is 0 Å². The average molecular weight is 171 g/mol. The first-order valence-electron chi connectivity index (χ1n) is 4.30. The van der Waals surface area contributed by atoms with Gasteiger partial charge in [-0.2, -0.15) is 0 Å². The third-order valence-corrected chi connectivity index (χ3v) is 2.17. The van der Waals surface area contributed by atoms with Crippen molar-refractivity contribution in [1.82, 2.24) is 0 Å². The summed E-state index contributed by atoms with van der Waals surface area (Å²) in [6.45, 7) is 5.22. The summed E-state index contributed by atoms with van der Waals surface area (Å²) in [7, 11) is 0. The highest BCUT2D eigenvalue weighted by Crippen LogP contribution is 2.18. The summed E-state index contributed by atoms with van der Waals surface area (Å²) >= 11 is 0. The molecule has 2 atom stereocenters. The van der Waals surface area contributed by atoms with Crippen LogP contribution in [-0.2, 0) is 9.59 Å². The molecule has 70 valence electrons. The maximum atomic E-state index is 11.1. The van der Waals surface area contributed by atoms with Gasteiger partial charge < -0.3 is 5.73 Å². The summed E-state index contributed by atoms with van der Waals surface area (Å²) in [5, 5.41) is 0. The van der Waals surface area contributed by atoms with Gasteiger partial charge in [-0.15, -0.1) is 0 Å². The molecule has 12 heavy (non-hydrogen) atoms. The molecule has 0 spiro atoms. The molecule has 0 heterocycles. The van der Waals surface area contributed by atoms with Crippen molar-refractivity contribution < 1.29 is 9.59 Å². The fourth-order valence-electron chi connectivity index (χ4n) is 1.31. The largest absolute Gasteiger partial charge is 0.369 e. The van der Waals surface area contributed by atoms with Gasteiger partial charge in [0.25, 0.3) is 0 Å². The molecule has 0 bridgehead atoms. The van der Waals surface area contributed by atoms with Crippen LogP contribution in [0.5, 0.6) is 0 Å². The Morgan fingerprint density at radius 1 is 1.42 bits per heavy atom. The van der Waals surface area contributed by atoms with E-state index in [1.807, 2.05) is 6.92 Å². The molecule has 2 N–H and O–H groups in total. The van der Waals surface area contributed by atoms with E-state index in [4.69, 9.17) is 5.73 Å². The predicted molar refractivity (Wildman–Crippen MR) is 47.4 cm³/mol. The van der Waals surface area contributed by atoms with E-state index < -0.39 is 0 Å². The number of primary amides is 1. The van der Waals surface area contributed by atoms with E-state index in [2.05, 4.69) is 0 Å². The Labute approximate surface area is 73.3 Å². The van der Waals surface area contributed by atoms with Crippen LogP contribution in [-0.4, -0.2) is 11.7 Å². The smallest absolute Gasteiger partial charge is 0.220 e. The standard InChI is InChI=1S/C9H17NO2/c1-4-5-8(7(3)11)6(2)9(10)12/h6,8H,4-5H2,1-3H3,(H2,10,12)/t6-,8+/m0/s1.